The van der Waals surface area contributed by atoms with Crippen LogP contribution in [0.1, 0.15) is 39.7 Å². The van der Waals surface area contributed by atoms with Crippen LogP contribution < -0.4 is 15.8 Å². The minimum absolute atomic E-state index is 0. The van der Waals surface area contributed by atoms with Crippen LogP contribution in [-0.4, -0.2) is 23.0 Å². The third kappa shape index (κ3) is 7.87. The van der Waals surface area contributed by atoms with Gasteiger partial charge in [0.1, 0.15) is 0 Å². The number of hydrogen-bond donors (Lipinski definition) is 2. The van der Waals surface area contributed by atoms with Crippen molar-refractivity contribution in [3.05, 3.63) is 23.9 Å². The zero-order valence-electron chi connectivity index (χ0n) is 13.1. The van der Waals surface area contributed by atoms with Crippen LogP contribution in [0.15, 0.2) is 18.3 Å². The van der Waals surface area contributed by atoms with E-state index in [1.807, 2.05) is 19.1 Å². The van der Waals surface area contributed by atoms with Gasteiger partial charge in [-0.3, -0.25) is 4.79 Å². The second kappa shape index (κ2) is 9.58. The number of ether oxygens (including phenoxy) is 1. The van der Waals surface area contributed by atoms with Gasteiger partial charge in [0, 0.05) is 18.8 Å². The normalized spacial score (nSPS) is 13.2. The molecule has 1 heterocycles. The molecular formula is C15H26ClN3O2. The number of nitrogens with one attached hydrogen (secondary N) is 1. The number of hydrogen-bond acceptors (Lipinski definition) is 4. The van der Waals surface area contributed by atoms with E-state index in [0.29, 0.717) is 18.3 Å². The summed E-state index contributed by atoms with van der Waals surface area (Å²) in [5, 5.41) is 2.76. The molecule has 5 nitrogen and oxygen atoms in total. The molecule has 3 N–H and O–H groups in total. The van der Waals surface area contributed by atoms with Gasteiger partial charge in [-0.2, -0.15) is 0 Å². The van der Waals surface area contributed by atoms with Crippen molar-refractivity contribution in [1.29, 1.82) is 0 Å². The average Bonchev–Trinajstić information content (AvgIpc) is 2.35. The van der Waals surface area contributed by atoms with Crippen molar-refractivity contribution in [2.45, 2.75) is 52.8 Å². The van der Waals surface area contributed by atoms with E-state index in [0.717, 1.165) is 12.0 Å². The van der Waals surface area contributed by atoms with Gasteiger partial charge in [-0.05, 0) is 37.8 Å². The quantitative estimate of drug-likeness (QED) is 0.809. The fourth-order valence-electron chi connectivity index (χ4n) is 1.89. The van der Waals surface area contributed by atoms with Crippen molar-refractivity contribution >= 4 is 18.3 Å². The van der Waals surface area contributed by atoms with E-state index in [1.165, 1.54) is 0 Å². The smallest absolute Gasteiger partial charge is 0.236 e. The maximum Gasteiger partial charge on any atom is 0.236 e. The highest BCUT2D eigenvalue weighted by molar-refractivity contribution is 5.85. The van der Waals surface area contributed by atoms with Crippen LogP contribution in [0.3, 0.4) is 0 Å². The highest BCUT2D eigenvalue weighted by Crippen LogP contribution is 2.14. The highest BCUT2D eigenvalue weighted by Gasteiger charge is 2.09. The van der Waals surface area contributed by atoms with Gasteiger partial charge in [0.25, 0.3) is 0 Å². The molecule has 0 aliphatic rings. The molecule has 0 aliphatic carbocycles. The number of carbonyl (C=O) groups excluding carboxylic acids is 1. The van der Waals surface area contributed by atoms with Gasteiger partial charge < -0.3 is 15.8 Å². The van der Waals surface area contributed by atoms with Crippen LogP contribution in [0.25, 0.3) is 0 Å². The minimum atomic E-state index is -0.501. The molecule has 0 aliphatic heterocycles. The van der Waals surface area contributed by atoms with Crippen LogP contribution in [0.4, 0.5) is 0 Å². The van der Waals surface area contributed by atoms with E-state index < -0.39 is 6.04 Å². The lowest BCUT2D eigenvalue weighted by Crippen LogP contribution is -2.37. The lowest BCUT2D eigenvalue weighted by molar-refractivity contribution is -0.122. The van der Waals surface area contributed by atoms with Crippen LogP contribution in [0.5, 0.6) is 5.88 Å². The maximum atomic E-state index is 11.4. The number of halogens is 1. The Morgan fingerprint density at radius 3 is 2.62 bits per heavy atom. The third-order valence-corrected chi connectivity index (χ3v) is 2.80. The monoisotopic (exact) mass is 315 g/mol. The molecular weight excluding hydrogens is 290 g/mol. The van der Waals surface area contributed by atoms with Crippen LogP contribution in [0.2, 0.25) is 0 Å². The van der Waals surface area contributed by atoms with Gasteiger partial charge in [0.2, 0.25) is 11.8 Å². The van der Waals surface area contributed by atoms with Crippen LogP contribution in [0, 0.1) is 5.92 Å². The number of pyridine rings is 1. The fourth-order valence-corrected chi connectivity index (χ4v) is 1.89. The zero-order chi connectivity index (χ0) is 15.1. The molecule has 0 spiro atoms. The third-order valence-electron chi connectivity index (χ3n) is 2.80. The van der Waals surface area contributed by atoms with Gasteiger partial charge in [-0.15, -0.1) is 12.4 Å². The summed E-state index contributed by atoms with van der Waals surface area (Å²) in [7, 11) is 0. The zero-order valence-corrected chi connectivity index (χ0v) is 13.9. The first-order valence-corrected chi connectivity index (χ1v) is 7.03. The predicted octanol–water partition coefficient (Wildman–Crippen LogP) is 2.28. The summed E-state index contributed by atoms with van der Waals surface area (Å²) in [5.74, 6) is 1.00. The molecule has 1 aromatic heterocycles. The number of nitrogens with two attached hydrogens (primary N) is 1. The highest BCUT2D eigenvalue weighted by atomic mass is 35.5. The standard InChI is InChI=1S/C15H25N3O2.ClH/c1-10(2)7-11(3)20-14-8-13(5-6-17-14)9-18-15(19)12(4)16;/h5-6,8,10-12H,7,9,16H2,1-4H3,(H,18,19);1H. The first kappa shape index (κ1) is 19.7. The largest absolute Gasteiger partial charge is 0.475 e. The molecule has 0 saturated carbocycles. The summed E-state index contributed by atoms with van der Waals surface area (Å²) in [5.41, 5.74) is 6.44. The number of rotatable bonds is 7. The Balaban J connectivity index is 0.00000400. The van der Waals surface area contributed by atoms with Crippen molar-refractivity contribution < 1.29 is 9.53 Å². The summed E-state index contributed by atoms with van der Waals surface area (Å²) in [6.07, 6.45) is 2.79. The van der Waals surface area contributed by atoms with Crippen molar-refractivity contribution in [3.8, 4) is 5.88 Å². The lowest BCUT2D eigenvalue weighted by Gasteiger charge is -2.16. The number of aromatic nitrogens is 1. The van der Waals surface area contributed by atoms with Gasteiger partial charge in [0.15, 0.2) is 0 Å². The first-order valence-electron chi connectivity index (χ1n) is 7.03. The first-order chi connectivity index (χ1) is 9.38. The SMILES string of the molecule is CC(C)CC(C)Oc1cc(CNC(=O)C(C)N)ccn1.Cl. The summed E-state index contributed by atoms with van der Waals surface area (Å²) in [6.45, 7) is 8.44. The molecule has 1 aromatic rings. The molecule has 2 atom stereocenters. The number of amides is 1. The Bertz CT molecular complexity index is 439. The summed E-state index contributed by atoms with van der Waals surface area (Å²) in [6, 6.07) is 3.19. The molecule has 0 bridgehead atoms. The Hall–Kier alpha value is -1.33. The van der Waals surface area contributed by atoms with E-state index in [4.69, 9.17) is 10.5 Å². The molecule has 1 rings (SSSR count). The predicted molar refractivity (Wildman–Crippen MR) is 86.5 cm³/mol. The maximum absolute atomic E-state index is 11.4. The van der Waals surface area contributed by atoms with E-state index in [9.17, 15) is 4.79 Å². The van der Waals surface area contributed by atoms with Crippen molar-refractivity contribution in [2.24, 2.45) is 11.7 Å². The van der Waals surface area contributed by atoms with Gasteiger partial charge >= 0.3 is 0 Å². The molecule has 0 aromatic carbocycles. The molecule has 0 radical (unpaired) electrons. The molecule has 0 fully saturated rings. The Kier molecular flexibility index (Phi) is 8.97. The van der Waals surface area contributed by atoms with Crippen molar-refractivity contribution in [2.75, 3.05) is 0 Å². The van der Waals surface area contributed by atoms with Crippen LogP contribution in [-0.2, 0) is 11.3 Å². The number of carbonyl (C=O) groups is 1. The lowest BCUT2D eigenvalue weighted by atomic mass is 10.1. The number of nitrogens with zero attached hydrogens (tertiary/aromatic N) is 1. The Morgan fingerprint density at radius 1 is 1.38 bits per heavy atom. The van der Waals surface area contributed by atoms with E-state index in [2.05, 4.69) is 24.1 Å². The molecule has 1 amide bonds. The van der Waals surface area contributed by atoms with Gasteiger partial charge in [-0.25, -0.2) is 4.98 Å². The van der Waals surface area contributed by atoms with E-state index in [1.54, 1.807) is 13.1 Å². The van der Waals surface area contributed by atoms with E-state index in [-0.39, 0.29) is 24.4 Å². The summed E-state index contributed by atoms with van der Waals surface area (Å²) in [4.78, 5) is 15.6. The molecule has 21 heavy (non-hydrogen) atoms. The topological polar surface area (TPSA) is 77.2 Å². The second-order valence-electron chi connectivity index (χ2n) is 5.57. The molecule has 2 unspecified atom stereocenters. The van der Waals surface area contributed by atoms with Gasteiger partial charge in [0.05, 0.1) is 12.1 Å². The molecule has 120 valence electrons. The average molecular weight is 316 g/mol. The summed E-state index contributed by atoms with van der Waals surface area (Å²) < 4.78 is 5.77. The van der Waals surface area contributed by atoms with Crippen molar-refractivity contribution in [3.63, 3.8) is 0 Å². The van der Waals surface area contributed by atoms with E-state index >= 15 is 0 Å². The van der Waals surface area contributed by atoms with Crippen molar-refractivity contribution in [1.82, 2.24) is 10.3 Å². The molecule has 6 heteroatoms. The Morgan fingerprint density at radius 2 is 2.05 bits per heavy atom. The van der Waals surface area contributed by atoms with Gasteiger partial charge in [-0.1, -0.05) is 13.8 Å². The van der Waals surface area contributed by atoms with Crippen LogP contribution >= 0.6 is 12.4 Å². The molecule has 0 saturated heterocycles. The minimum Gasteiger partial charge on any atom is -0.475 e. The fraction of sp³-hybridized carbons (Fsp3) is 0.600. The summed E-state index contributed by atoms with van der Waals surface area (Å²) >= 11 is 0. The second-order valence-corrected chi connectivity index (χ2v) is 5.57. The Labute approximate surface area is 133 Å².